The van der Waals surface area contributed by atoms with Crippen LogP contribution in [0.3, 0.4) is 0 Å². The van der Waals surface area contributed by atoms with Gasteiger partial charge in [-0.25, -0.2) is 0 Å². The third-order valence-corrected chi connectivity index (χ3v) is 2.91. The molecule has 18 heavy (non-hydrogen) atoms. The summed E-state index contributed by atoms with van der Waals surface area (Å²) in [6.45, 7) is 0.858. The van der Waals surface area contributed by atoms with E-state index in [1.165, 1.54) is 4.90 Å². The SMILES string of the molecule is NC(=O)C1COCCN1C(=O)c1ccccc1N. The van der Waals surface area contributed by atoms with E-state index in [1.807, 2.05) is 0 Å². The fourth-order valence-electron chi connectivity index (χ4n) is 1.93. The molecule has 0 saturated carbocycles. The van der Waals surface area contributed by atoms with Crippen molar-refractivity contribution < 1.29 is 14.3 Å². The summed E-state index contributed by atoms with van der Waals surface area (Å²) in [6.07, 6.45) is 0. The van der Waals surface area contributed by atoms with Crippen molar-refractivity contribution in [1.29, 1.82) is 0 Å². The number of carbonyl (C=O) groups is 2. The molecule has 6 heteroatoms. The van der Waals surface area contributed by atoms with Crippen molar-refractivity contribution in [1.82, 2.24) is 4.90 Å². The molecule has 0 aromatic heterocycles. The van der Waals surface area contributed by atoms with E-state index in [-0.39, 0.29) is 12.5 Å². The van der Waals surface area contributed by atoms with Gasteiger partial charge >= 0.3 is 0 Å². The van der Waals surface area contributed by atoms with Crippen LogP contribution >= 0.6 is 0 Å². The average Bonchev–Trinajstić information content (AvgIpc) is 2.38. The second-order valence-corrected chi connectivity index (χ2v) is 4.08. The Morgan fingerprint density at radius 2 is 2.06 bits per heavy atom. The molecule has 2 amide bonds. The lowest BCUT2D eigenvalue weighted by molar-refractivity contribution is -0.127. The highest BCUT2D eigenvalue weighted by atomic mass is 16.5. The number of nitrogens with two attached hydrogens (primary N) is 2. The van der Waals surface area contributed by atoms with Crippen molar-refractivity contribution in [2.24, 2.45) is 5.73 Å². The summed E-state index contributed by atoms with van der Waals surface area (Å²) in [4.78, 5) is 25.0. The molecule has 96 valence electrons. The Labute approximate surface area is 104 Å². The summed E-state index contributed by atoms with van der Waals surface area (Å²) >= 11 is 0. The number of morpholine rings is 1. The highest BCUT2D eigenvalue weighted by Crippen LogP contribution is 2.17. The van der Waals surface area contributed by atoms with Crippen LogP contribution in [0.1, 0.15) is 10.4 Å². The lowest BCUT2D eigenvalue weighted by Gasteiger charge is -2.33. The van der Waals surface area contributed by atoms with Crippen LogP contribution in [0.25, 0.3) is 0 Å². The van der Waals surface area contributed by atoms with Gasteiger partial charge in [-0.3, -0.25) is 9.59 Å². The van der Waals surface area contributed by atoms with Crippen LogP contribution in [0.5, 0.6) is 0 Å². The Morgan fingerprint density at radius 1 is 1.33 bits per heavy atom. The summed E-state index contributed by atoms with van der Waals surface area (Å²) in [5.41, 5.74) is 11.8. The summed E-state index contributed by atoms with van der Waals surface area (Å²) < 4.78 is 5.16. The smallest absolute Gasteiger partial charge is 0.256 e. The maximum atomic E-state index is 12.3. The fraction of sp³-hybridized carbons (Fsp3) is 0.333. The quantitative estimate of drug-likeness (QED) is 0.696. The van der Waals surface area contributed by atoms with Gasteiger partial charge in [0.2, 0.25) is 5.91 Å². The predicted molar refractivity (Wildman–Crippen MR) is 65.7 cm³/mol. The van der Waals surface area contributed by atoms with E-state index in [0.717, 1.165) is 0 Å². The molecule has 2 rings (SSSR count). The van der Waals surface area contributed by atoms with Gasteiger partial charge in [-0.15, -0.1) is 0 Å². The molecule has 1 aromatic carbocycles. The van der Waals surface area contributed by atoms with Crippen LogP contribution in [0.2, 0.25) is 0 Å². The van der Waals surface area contributed by atoms with Gasteiger partial charge in [0.1, 0.15) is 6.04 Å². The Balaban J connectivity index is 2.27. The molecule has 6 nitrogen and oxygen atoms in total. The maximum absolute atomic E-state index is 12.3. The van der Waals surface area contributed by atoms with Crippen LogP contribution in [0.4, 0.5) is 5.69 Å². The van der Waals surface area contributed by atoms with Crippen molar-refractivity contribution in [2.45, 2.75) is 6.04 Å². The molecule has 0 bridgehead atoms. The minimum absolute atomic E-state index is 0.133. The third-order valence-electron chi connectivity index (χ3n) is 2.91. The first-order valence-electron chi connectivity index (χ1n) is 5.64. The number of amides is 2. The van der Waals surface area contributed by atoms with Gasteiger partial charge in [0.25, 0.3) is 5.91 Å². The minimum atomic E-state index is -0.731. The zero-order valence-electron chi connectivity index (χ0n) is 9.83. The Bertz CT molecular complexity index is 475. The Kier molecular flexibility index (Phi) is 3.47. The lowest BCUT2D eigenvalue weighted by atomic mass is 10.1. The highest BCUT2D eigenvalue weighted by Gasteiger charge is 2.32. The van der Waals surface area contributed by atoms with E-state index in [9.17, 15) is 9.59 Å². The monoisotopic (exact) mass is 249 g/mol. The second kappa shape index (κ2) is 5.05. The van der Waals surface area contributed by atoms with E-state index in [1.54, 1.807) is 24.3 Å². The van der Waals surface area contributed by atoms with Gasteiger partial charge in [-0.05, 0) is 12.1 Å². The van der Waals surface area contributed by atoms with Crippen molar-refractivity contribution in [3.8, 4) is 0 Å². The second-order valence-electron chi connectivity index (χ2n) is 4.08. The van der Waals surface area contributed by atoms with Crippen molar-refractivity contribution in [3.05, 3.63) is 29.8 Å². The first kappa shape index (κ1) is 12.4. The molecule has 1 fully saturated rings. The topological polar surface area (TPSA) is 98.7 Å². The number of carbonyl (C=O) groups excluding carboxylic acids is 2. The molecule has 1 aliphatic heterocycles. The number of benzene rings is 1. The average molecular weight is 249 g/mol. The number of nitrogens with zero attached hydrogens (tertiary/aromatic N) is 1. The van der Waals surface area contributed by atoms with E-state index in [0.29, 0.717) is 24.4 Å². The number of hydrogen-bond acceptors (Lipinski definition) is 4. The number of ether oxygens (including phenoxy) is 1. The molecule has 0 spiro atoms. The van der Waals surface area contributed by atoms with Gasteiger partial charge in [0.15, 0.2) is 0 Å². The third kappa shape index (κ3) is 2.28. The summed E-state index contributed by atoms with van der Waals surface area (Å²) in [6, 6.07) is 6.02. The van der Waals surface area contributed by atoms with Crippen molar-refractivity contribution in [3.63, 3.8) is 0 Å². The zero-order valence-corrected chi connectivity index (χ0v) is 9.83. The van der Waals surface area contributed by atoms with Gasteiger partial charge in [0.05, 0.1) is 18.8 Å². The summed E-state index contributed by atoms with van der Waals surface area (Å²) in [5.74, 6) is -0.863. The highest BCUT2D eigenvalue weighted by molar-refractivity contribution is 6.01. The van der Waals surface area contributed by atoms with Crippen LogP contribution in [0.15, 0.2) is 24.3 Å². The Morgan fingerprint density at radius 3 is 2.72 bits per heavy atom. The van der Waals surface area contributed by atoms with E-state index in [4.69, 9.17) is 16.2 Å². The van der Waals surface area contributed by atoms with E-state index in [2.05, 4.69) is 0 Å². The molecular formula is C12H15N3O3. The largest absolute Gasteiger partial charge is 0.398 e. The number of nitrogen functional groups attached to an aromatic ring is 1. The molecule has 1 atom stereocenters. The number of para-hydroxylation sites is 1. The van der Waals surface area contributed by atoms with E-state index < -0.39 is 11.9 Å². The number of rotatable bonds is 2. The van der Waals surface area contributed by atoms with Crippen LogP contribution in [0, 0.1) is 0 Å². The van der Waals surface area contributed by atoms with Gasteiger partial charge in [-0.2, -0.15) is 0 Å². The number of hydrogen-bond donors (Lipinski definition) is 2. The van der Waals surface area contributed by atoms with Crippen LogP contribution in [-0.2, 0) is 9.53 Å². The molecule has 0 radical (unpaired) electrons. The summed E-state index contributed by atoms with van der Waals surface area (Å²) in [7, 11) is 0. The molecular weight excluding hydrogens is 234 g/mol. The zero-order chi connectivity index (χ0) is 13.1. The first-order valence-corrected chi connectivity index (χ1v) is 5.64. The molecule has 1 unspecified atom stereocenters. The molecule has 1 aliphatic rings. The standard InChI is InChI=1S/C12H15N3O3/c13-9-4-2-1-3-8(9)12(17)15-5-6-18-7-10(15)11(14)16/h1-4,10H,5-7,13H2,(H2,14,16). The summed E-state index contributed by atoms with van der Waals surface area (Å²) in [5, 5.41) is 0. The molecule has 4 N–H and O–H groups in total. The first-order chi connectivity index (χ1) is 8.61. The van der Waals surface area contributed by atoms with Gasteiger partial charge in [0, 0.05) is 12.2 Å². The molecule has 1 saturated heterocycles. The van der Waals surface area contributed by atoms with Crippen LogP contribution < -0.4 is 11.5 Å². The fourth-order valence-corrected chi connectivity index (χ4v) is 1.93. The van der Waals surface area contributed by atoms with Crippen LogP contribution in [-0.4, -0.2) is 42.5 Å². The Hall–Kier alpha value is -2.08. The lowest BCUT2D eigenvalue weighted by Crippen LogP contribution is -2.54. The van der Waals surface area contributed by atoms with Crippen molar-refractivity contribution >= 4 is 17.5 Å². The number of anilines is 1. The van der Waals surface area contributed by atoms with E-state index >= 15 is 0 Å². The molecule has 1 heterocycles. The molecule has 1 aromatic rings. The minimum Gasteiger partial charge on any atom is -0.398 e. The van der Waals surface area contributed by atoms with Gasteiger partial charge in [-0.1, -0.05) is 12.1 Å². The predicted octanol–water partition coefficient (Wildman–Crippen LogP) is -0.405. The number of primary amides is 1. The van der Waals surface area contributed by atoms with Gasteiger partial charge < -0.3 is 21.1 Å². The van der Waals surface area contributed by atoms with Crippen molar-refractivity contribution in [2.75, 3.05) is 25.5 Å². The normalized spacial score (nSPS) is 19.6. The maximum Gasteiger partial charge on any atom is 0.256 e. The molecule has 0 aliphatic carbocycles.